The normalized spacial score (nSPS) is 12.4. The average Bonchev–Trinajstić information content (AvgIpc) is 2.26. The molecule has 2 aromatic rings. The molecule has 0 aliphatic heterocycles. The minimum absolute atomic E-state index is 0.109. The van der Waals surface area contributed by atoms with E-state index in [4.69, 9.17) is 4.98 Å². The minimum atomic E-state index is 0.109. The lowest BCUT2D eigenvalue weighted by molar-refractivity contribution is 0.571. The number of nitrogens with zero attached hydrogens (tertiary/aromatic N) is 1. The standard InChI is InChI=1S/C16H21N/c1-11(2)13-8-6-7-12-9-10-14(16(3,4)5)17-15(12)13/h6-11H,1-5H3. The van der Waals surface area contributed by atoms with Crippen LogP contribution >= 0.6 is 0 Å². The van der Waals surface area contributed by atoms with Gasteiger partial charge in [-0.2, -0.15) is 0 Å². The lowest BCUT2D eigenvalue weighted by atomic mass is 9.90. The highest BCUT2D eigenvalue weighted by Gasteiger charge is 2.16. The van der Waals surface area contributed by atoms with Crippen LogP contribution < -0.4 is 0 Å². The monoisotopic (exact) mass is 227 g/mol. The molecule has 90 valence electrons. The third kappa shape index (κ3) is 2.33. The molecular formula is C16H21N. The second kappa shape index (κ2) is 4.14. The fourth-order valence-electron chi connectivity index (χ4n) is 2.05. The quantitative estimate of drug-likeness (QED) is 0.690. The number of pyridine rings is 1. The van der Waals surface area contributed by atoms with Crippen LogP contribution in [0, 0.1) is 0 Å². The van der Waals surface area contributed by atoms with Gasteiger partial charge in [-0.05, 0) is 17.5 Å². The number of aromatic nitrogens is 1. The summed E-state index contributed by atoms with van der Waals surface area (Å²) in [5.74, 6) is 0.515. The predicted octanol–water partition coefficient (Wildman–Crippen LogP) is 4.66. The summed E-state index contributed by atoms with van der Waals surface area (Å²) in [7, 11) is 0. The first kappa shape index (κ1) is 12.1. The van der Waals surface area contributed by atoms with E-state index in [0.29, 0.717) is 5.92 Å². The zero-order chi connectivity index (χ0) is 12.6. The maximum absolute atomic E-state index is 4.87. The van der Waals surface area contributed by atoms with Crippen LogP contribution in [0.3, 0.4) is 0 Å². The molecule has 0 spiro atoms. The summed E-state index contributed by atoms with van der Waals surface area (Å²) in [5.41, 5.74) is 3.78. The van der Waals surface area contributed by atoms with E-state index in [-0.39, 0.29) is 5.41 Å². The van der Waals surface area contributed by atoms with Gasteiger partial charge in [-0.25, -0.2) is 0 Å². The lowest BCUT2D eigenvalue weighted by Crippen LogP contribution is -2.13. The van der Waals surface area contributed by atoms with Crippen LogP contribution in [0.1, 0.15) is 51.8 Å². The van der Waals surface area contributed by atoms with Crippen molar-refractivity contribution in [3.63, 3.8) is 0 Å². The van der Waals surface area contributed by atoms with Crippen LogP contribution in [-0.2, 0) is 5.41 Å². The third-order valence-electron chi connectivity index (χ3n) is 3.14. The summed E-state index contributed by atoms with van der Waals surface area (Å²) in [4.78, 5) is 4.87. The van der Waals surface area contributed by atoms with E-state index in [1.165, 1.54) is 10.9 Å². The molecule has 0 saturated heterocycles. The zero-order valence-corrected chi connectivity index (χ0v) is 11.4. The van der Waals surface area contributed by atoms with Crippen molar-refractivity contribution in [2.45, 2.75) is 46.0 Å². The topological polar surface area (TPSA) is 12.9 Å². The summed E-state index contributed by atoms with van der Waals surface area (Å²) >= 11 is 0. The first-order valence-electron chi connectivity index (χ1n) is 6.30. The van der Waals surface area contributed by atoms with Crippen molar-refractivity contribution in [3.05, 3.63) is 41.6 Å². The zero-order valence-electron chi connectivity index (χ0n) is 11.4. The summed E-state index contributed by atoms with van der Waals surface area (Å²) in [6.07, 6.45) is 0. The second-order valence-corrected chi connectivity index (χ2v) is 6.02. The van der Waals surface area contributed by atoms with Crippen molar-refractivity contribution < 1.29 is 0 Å². The Labute approximate surface area is 104 Å². The Morgan fingerprint density at radius 3 is 2.29 bits per heavy atom. The number of fused-ring (bicyclic) bond motifs is 1. The fourth-order valence-corrected chi connectivity index (χ4v) is 2.05. The Morgan fingerprint density at radius 1 is 1.00 bits per heavy atom. The summed E-state index contributed by atoms with van der Waals surface area (Å²) < 4.78 is 0. The smallest absolute Gasteiger partial charge is 0.0740 e. The van der Waals surface area contributed by atoms with Gasteiger partial charge in [0.25, 0.3) is 0 Å². The van der Waals surface area contributed by atoms with Crippen molar-refractivity contribution in [1.82, 2.24) is 4.98 Å². The van der Waals surface area contributed by atoms with Crippen molar-refractivity contribution >= 4 is 10.9 Å². The second-order valence-electron chi connectivity index (χ2n) is 6.02. The third-order valence-corrected chi connectivity index (χ3v) is 3.14. The highest BCUT2D eigenvalue weighted by atomic mass is 14.7. The number of hydrogen-bond acceptors (Lipinski definition) is 1. The van der Waals surface area contributed by atoms with E-state index in [2.05, 4.69) is 65.0 Å². The van der Waals surface area contributed by atoms with Gasteiger partial charge >= 0.3 is 0 Å². The fraction of sp³-hybridized carbons (Fsp3) is 0.438. The van der Waals surface area contributed by atoms with Crippen molar-refractivity contribution in [1.29, 1.82) is 0 Å². The van der Waals surface area contributed by atoms with E-state index in [9.17, 15) is 0 Å². The molecule has 0 unspecified atom stereocenters. The molecule has 17 heavy (non-hydrogen) atoms. The Hall–Kier alpha value is -1.37. The minimum Gasteiger partial charge on any atom is -0.252 e. The molecule has 0 aliphatic rings. The summed E-state index contributed by atoms with van der Waals surface area (Å²) in [5, 5.41) is 1.24. The average molecular weight is 227 g/mol. The van der Waals surface area contributed by atoms with Crippen LogP contribution in [0.5, 0.6) is 0 Å². The number of rotatable bonds is 1. The molecule has 0 N–H and O–H groups in total. The van der Waals surface area contributed by atoms with Crippen LogP contribution in [0.15, 0.2) is 30.3 Å². The maximum atomic E-state index is 4.87. The van der Waals surface area contributed by atoms with Gasteiger partial charge in [-0.3, -0.25) is 4.98 Å². The molecule has 0 radical (unpaired) electrons. The van der Waals surface area contributed by atoms with E-state index < -0.39 is 0 Å². The molecule has 1 aromatic heterocycles. The van der Waals surface area contributed by atoms with Gasteiger partial charge in [0.15, 0.2) is 0 Å². The van der Waals surface area contributed by atoms with Gasteiger partial charge in [0.2, 0.25) is 0 Å². The first-order valence-corrected chi connectivity index (χ1v) is 6.30. The molecule has 0 bridgehead atoms. The molecular weight excluding hydrogens is 206 g/mol. The van der Waals surface area contributed by atoms with Gasteiger partial charge < -0.3 is 0 Å². The molecule has 1 aromatic carbocycles. The highest BCUT2D eigenvalue weighted by Crippen LogP contribution is 2.27. The molecule has 2 rings (SSSR count). The van der Waals surface area contributed by atoms with Crippen LogP contribution in [-0.4, -0.2) is 4.98 Å². The van der Waals surface area contributed by atoms with Crippen LogP contribution in [0.4, 0.5) is 0 Å². The van der Waals surface area contributed by atoms with E-state index in [0.717, 1.165) is 11.2 Å². The van der Waals surface area contributed by atoms with Gasteiger partial charge in [0.1, 0.15) is 0 Å². The Kier molecular flexibility index (Phi) is 2.94. The Bertz CT molecular complexity index is 533. The molecule has 0 aliphatic carbocycles. The Balaban J connectivity index is 2.70. The highest BCUT2D eigenvalue weighted by molar-refractivity contribution is 5.82. The lowest BCUT2D eigenvalue weighted by Gasteiger charge is -2.19. The summed E-state index contributed by atoms with van der Waals surface area (Å²) in [6, 6.07) is 10.8. The van der Waals surface area contributed by atoms with Gasteiger partial charge in [0, 0.05) is 16.5 Å². The molecule has 1 nitrogen and oxygen atoms in total. The number of hydrogen-bond donors (Lipinski definition) is 0. The first-order chi connectivity index (χ1) is 7.89. The molecule has 1 heteroatoms. The van der Waals surface area contributed by atoms with Crippen LogP contribution in [0.2, 0.25) is 0 Å². The number of benzene rings is 1. The van der Waals surface area contributed by atoms with Crippen molar-refractivity contribution in [3.8, 4) is 0 Å². The molecule has 0 saturated carbocycles. The largest absolute Gasteiger partial charge is 0.252 e. The molecule has 0 amide bonds. The van der Waals surface area contributed by atoms with Crippen LogP contribution in [0.25, 0.3) is 10.9 Å². The van der Waals surface area contributed by atoms with Gasteiger partial charge in [-0.15, -0.1) is 0 Å². The van der Waals surface area contributed by atoms with E-state index in [1.54, 1.807) is 0 Å². The van der Waals surface area contributed by atoms with Gasteiger partial charge in [-0.1, -0.05) is 58.9 Å². The van der Waals surface area contributed by atoms with E-state index in [1.807, 2.05) is 0 Å². The molecule has 0 atom stereocenters. The van der Waals surface area contributed by atoms with Crippen molar-refractivity contribution in [2.24, 2.45) is 0 Å². The van der Waals surface area contributed by atoms with Gasteiger partial charge in [0.05, 0.1) is 5.52 Å². The predicted molar refractivity (Wildman–Crippen MR) is 74.5 cm³/mol. The van der Waals surface area contributed by atoms with Crippen molar-refractivity contribution in [2.75, 3.05) is 0 Å². The maximum Gasteiger partial charge on any atom is 0.0740 e. The SMILES string of the molecule is CC(C)c1cccc2ccc(C(C)(C)C)nc12. The Morgan fingerprint density at radius 2 is 1.71 bits per heavy atom. The molecule has 0 fully saturated rings. The molecule has 1 heterocycles. The van der Waals surface area contributed by atoms with E-state index >= 15 is 0 Å². The summed E-state index contributed by atoms with van der Waals surface area (Å²) in [6.45, 7) is 11.1. The number of para-hydroxylation sites is 1.